The summed E-state index contributed by atoms with van der Waals surface area (Å²) in [6, 6.07) is 0. The van der Waals surface area contributed by atoms with Gasteiger partial charge < -0.3 is 5.73 Å². The molecule has 0 bridgehead atoms. The van der Waals surface area contributed by atoms with Gasteiger partial charge in [-0.15, -0.1) is 0 Å². The summed E-state index contributed by atoms with van der Waals surface area (Å²) in [5, 5.41) is 0. The van der Waals surface area contributed by atoms with Crippen LogP contribution in [-0.4, -0.2) is 10.5 Å². The molecule has 0 aliphatic heterocycles. The number of imidazole rings is 1. The number of aryl methyl sites for hydroxylation is 1. The fourth-order valence-electron chi connectivity index (χ4n) is 0.890. The topological polar surface area (TPSA) is 51.9 Å². The smallest absolute Gasteiger partial charge is 0.248 e. The number of primary amides is 1. The highest BCUT2D eigenvalue weighted by atomic mass is 16.1. The van der Waals surface area contributed by atoms with Gasteiger partial charge >= 0.3 is 0 Å². The van der Waals surface area contributed by atoms with Gasteiger partial charge in [-0.1, -0.05) is 6.58 Å². The Kier molecular flexibility index (Phi) is 2.63. The summed E-state index contributed by atoms with van der Waals surface area (Å²) in [6.07, 6.45) is 7.61. The van der Waals surface area contributed by atoms with Crippen LogP contribution >= 0.6 is 0 Å². The van der Waals surface area contributed by atoms with Gasteiger partial charge in [-0.2, -0.15) is 0 Å². The molecule has 1 aromatic rings. The first-order valence-electron chi connectivity index (χ1n) is 3.70. The zero-order valence-electron chi connectivity index (χ0n) is 6.81. The van der Waals surface area contributed by atoms with E-state index in [9.17, 15) is 4.79 Å². The van der Waals surface area contributed by atoms with Crippen molar-refractivity contribution in [2.24, 2.45) is 5.73 Å². The minimum absolute atomic E-state index is 0.283. The second kappa shape index (κ2) is 3.71. The maximum Gasteiger partial charge on any atom is 0.248 e. The number of amides is 1. The summed E-state index contributed by atoms with van der Waals surface area (Å²) in [7, 11) is 0. The number of rotatable bonds is 4. The summed E-state index contributed by atoms with van der Waals surface area (Å²) in [5.41, 5.74) is 5.00. The molecule has 1 rings (SSSR count). The molecule has 0 saturated heterocycles. The Labute approximate surface area is 70.9 Å². The van der Waals surface area contributed by atoms with Gasteiger partial charge in [0.1, 0.15) is 12.4 Å². The summed E-state index contributed by atoms with van der Waals surface area (Å²) in [4.78, 5) is 10.4. The van der Waals surface area contributed by atoms with E-state index in [0.717, 1.165) is 0 Å². The lowest BCUT2D eigenvalue weighted by atomic mass is 10.4. The van der Waals surface area contributed by atoms with Crippen LogP contribution in [0.1, 0.15) is 6.42 Å². The van der Waals surface area contributed by atoms with Crippen molar-refractivity contribution in [2.45, 2.75) is 13.0 Å². The molecule has 0 unspecified atom stereocenters. The van der Waals surface area contributed by atoms with Gasteiger partial charge in [0.05, 0.1) is 19.2 Å². The maximum atomic E-state index is 10.4. The van der Waals surface area contributed by atoms with E-state index in [1.165, 1.54) is 0 Å². The van der Waals surface area contributed by atoms with Gasteiger partial charge in [-0.25, -0.2) is 9.13 Å². The van der Waals surface area contributed by atoms with Crippen LogP contribution < -0.4 is 10.3 Å². The number of aromatic nitrogens is 2. The third-order valence-electron chi connectivity index (χ3n) is 1.54. The fraction of sp³-hybridized carbons (Fsp3) is 0.250. The van der Waals surface area contributed by atoms with Crippen molar-refractivity contribution in [1.29, 1.82) is 0 Å². The fourth-order valence-corrected chi connectivity index (χ4v) is 0.890. The highest BCUT2D eigenvalue weighted by molar-refractivity contribution is 5.73. The second-order valence-electron chi connectivity index (χ2n) is 2.50. The van der Waals surface area contributed by atoms with E-state index in [1.54, 1.807) is 10.8 Å². The maximum absolute atomic E-state index is 10.4. The molecule has 0 spiro atoms. The number of nitrogens with zero attached hydrogens (tertiary/aromatic N) is 2. The molecule has 4 nitrogen and oxygen atoms in total. The minimum atomic E-state index is -0.283. The predicted octanol–water partition coefficient (Wildman–Crippen LogP) is -0.249. The van der Waals surface area contributed by atoms with E-state index in [2.05, 4.69) is 6.58 Å². The highest BCUT2D eigenvalue weighted by Gasteiger charge is 2.01. The quantitative estimate of drug-likeness (QED) is 0.616. The SMILES string of the molecule is C=Cn1cc[n+](CCC(N)=O)c1. The Morgan fingerprint density at radius 2 is 2.50 bits per heavy atom. The highest BCUT2D eigenvalue weighted by Crippen LogP contribution is 1.84. The lowest BCUT2D eigenvalue weighted by Crippen LogP contribution is -2.33. The number of hydrogen-bond donors (Lipinski definition) is 1. The van der Waals surface area contributed by atoms with Crippen LogP contribution in [0.3, 0.4) is 0 Å². The molecule has 0 fully saturated rings. The molecule has 4 heteroatoms. The Morgan fingerprint density at radius 3 is 3.00 bits per heavy atom. The van der Waals surface area contributed by atoms with Crippen LogP contribution in [0.2, 0.25) is 0 Å². The van der Waals surface area contributed by atoms with Gasteiger partial charge in [-0.3, -0.25) is 4.79 Å². The molecule has 1 aromatic heterocycles. The van der Waals surface area contributed by atoms with Crippen LogP contribution in [0.15, 0.2) is 25.3 Å². The van der Waals surface area contributed by atoms with E-state index >= 15 is 0 Å². The first-order chi connectivity index (χ1) is 5.72. The molecule has 0 atom stereocenters. The van der Waals surface area contributed by atoms with Gasteiger partial charge in [-0.05, 0) is 0 Å². The molecular formula is C8H12N3O+. The average molecular weight is 166 g/mol. The van der Waals surface area contributed by atoms with E-state index in [0.29, 0.717) is 13.0 Å². The summed E-state index contributed by atoms with van der Waals surface area (Å²) in [6.45, 7) is 4.22. The Hall–Kier alpha value is -1.58. The number of hydrogen-bond acceptors (Lipinski definition) is 1. The molecule has 1 heterocycles. The zero-order chi connectivity index (χ0) is 8.97. The molecule has 1 amide bonds. The number of carbonyl (C=O) groups is 1. The van der Waals surface area contributed by atoms with Crippen molar-refractivity contribution >= 4 is 12.1 Å². The molecule has 0 radical (unpaired) electrons. The third-order valence-corrected chi connectivity index (χ3v) is 1.54. The Balaban J connectivity index is 2.52. The second-order valence-corrected chi connectivity index (χ2v) is 2.50. The average Bonchev–Trinajstić information content (AvgIpc) is 2.48. The molecule has 2 N–H and O–H groups in total. The monoisotopic (exact) mass is 166 g/mol. The molecule has 64 valence electrons. The van der Waals surface area contributed by atoms with Crippen molar-refractivity contribution in [2.75, 3.05) is 0 Å². The van der Waals surface area contributed by atoms with E-state index in [-0.39, 0.29) is 5.91 Å². The minimum Gasteiger partial charge on any atom is -0.370 e. The van der Waals surface area contributed by atoms with E-state index in [1.807, 2.05) is 23.3 Å². The summed E-state index contributed by atoms with van der Waals surface area (Å²) < 4.78 is 3.69. The number of nitrogens with two attached hydrogens (primary N) is 1. The molecule has 12 heavy (non-hydrogen) atoms. The number of carbonyl (C=O) groups excluding carboxylic acids is 1. The normalized spacial score (nSPS) is 9.67. The van der Waals surface area contributed by atoms with E-state index in [4.69, 9.17) is 5.73 Å². The lowest BCUT2D eigenvalue weighted by molar-refractivity contribution is -0.694. The Bertz CT molecular complexity index is 290. The van der Waals surface area contributed by atoms with Crippen molar-refractivity contribution in [3.8, 4) is 0 Å². The van der Waals surface area contributed by atoms with Crippen molar-refractivity contribution in [3.05, 3.63) is 25.3 Å². The van der Waals surface area contributed by atoms with Gasteiger partial charge in [0, 0.05) is 0 Å². The standard InChI is InChI=1S/C8H11N3O/c1-2-10-5-6-11(7-10)4-3-8(9)12/h2,5-7H,1,3-4H2,(H-,9,12)/p+1. The molecule has 0 saturated carbocycles. The summed E-state index contributed by atoms with van der Waals surface area (Å²) >= 11 is 0. The van der Waals surface area contributed by atoms with Crippen molar-refractivity contribution < 1.29 is 9.36 Å². The zero-order valence-corrected chi connectivity index (χ0v) is 6.81. The van der Waals surface area contributed by atoms with Crippen LogP contribution in [0.5, 0.6) is 0 Å². The lowest BCUT2D eigenvalue weighted by Gasteiger charge is -1.90. The molecular weight excluding hydrogens is 154 g/mol. The first-order valence-corrected chi connectivity index (χ1v) is 3.70. The van der Waals surface area contributed by atoms with Crippen LogP contribution in [0.4, 0.5) is 0 Å². The van der Waals surface area contributed by atoms with Crippen LogP contribution in [-0.2, 0) is 11.3 Å². The summed E-state index contributed by atoms with van der Waals surface area (Å²) in [5.74, 6) is -0.283. The van der Waals surface area contributed by atoms with Crippen LogP contribution in [0, 0.1) is 0 Å². The Morgan fingerprint density at radius 1 is 1.75 bits per heavy atom. The van der Waals surface area contributed by atoms with Crippen molar-refractivity contribution in [1.82, 2.24) is 4.57 Å². The third kappa shape index (κ3) is 2.23. The molecule has 0 aliphatic rings. The van der Waals surface area contributed by atoms with Gasteiger partial charge in [0.2, 0.25) is 12.2 Å². The largest absolute Gasteiger partial charge is 0.370 e. The van der Waals surface area contributed by atoms with Gasteiger partial charge in [0.25, 0.3) is 0 Å². The van der Waals surface area contributed by atoms with E-state index < -0.39 is 0 Å². The molecule has 0 aliphatic carbocycles. The van der Waals surface area contributed by atoms with Crippen molar-refractivity contribution in [3.63, 3.8) is 0 Å². The van der Waals surface area contributed by atoms with Crippen LogP contribution in [0.25, 0.3) is 6.20 Å². The molecule has 0 aromatic carbocycles. The predicted molar refractivity (Wildman–Crippen MR) is 44.8 cm³/mol. The van der Waals surface area contributed by atoms with Gasteiger partial charge in [0.15, 0.2) is 0 Å². The first kappa shape index (κ1) is 8.52.